The maximum absolute atomic E-state index is 13.1. The van der Waals surface area contributed by atoms with E-state index in [1.165, 1.54) is 16.7 Å². The molecule has 5 heteroatoms. The first-order chi connectivity index (χ1) is 13.0. The minimum Gasteiger partial charge on any atom is -0.268 e. The molecule has 0 spiro atoms. The summed E-state index contributed by atoms with van der Waals surface area (Å²) in [5, 5.41) is 0.613. The van der Waals surface area contributed by atoms with E-state index in [1.807, 2.05) is 56.3 Å². The Morgan fingerprint density at radius 2 is 1.63 bits per heavy atom. The van der Waals surface area contributed by atoms with Crippen LogP contribution in [0.15, 0.2) is 65.7 Å². The number of carbonyl (C=O) groups is 2. The van der Waals surface area contributed by atoms with Gasteiger partial charge in [-0.15, -0.1) is 11.8 Å². The van der Waals surface area contributed by atoms with Crippen LogP contribution in [0.25, 0.3) is 0 Å². The average molecular weight is 374 g/mol. The molecule has 0 fully saturated rings. The van der Waals surface area contributed by atoms with Crippen LogP contribution in [-0.4, -0.2) is 16.8 Å². The fraction of sp³-hybridized carbons (Fsp3) is 0.136. The van der Waals surface area contributed by atoms with Crippen molar-refractivity contribution in [3.8, 4) is 0 Å². The number of aryl methyl sites for hydroxylation is 2. The fourth-order valence-electron chi connectivity index (χ4n) is 3.10. The lowest BCUT2D eigenvalue weighted by Crippen LogP contribution is -2.29. The standard InChI is InChI=1S/C22H18N2O2S/c1-14-8-10-17(11-9-14)24-21(25)18-12-15(2)23-20(19(18)22(24)26)27-13-16-6-4-3-5-7-16/h3-12H,13H2,1-2H3. The summed E-state index contributed by atoms with van der Waals surface area (Å²) in [5.41, 5.74) is 4.38. The van der Waals surface area contributed by atoms with Gasteiger partial charge in [0.1, 0.15) is 5.03 Å². The summed E-state index contributed by atoms with van der Waals surface area (Å²) in [6.45, 7) is 3.82. The van der Waals surface area contributed by atoms with E-state index in [4.69, 9.17) is 0 Å². The fourth-order valence-corrected chi connectivity index (χ4v) is 4.15. The summed E-state index contributed by atoms with van der Waals surface area (Å²) < 4.78 is 0. The maximum Gasteiger partial charge on any atom is 0.268 e. The second-order valence-corrected chi connectivity index (χ2v) is 7.51. The molecule has 0 bridgehead atoms. The van der Waals surface area contributed by atoms with Crippen LogP contribution in [-0.2, 0) is 5.75 Å². The first-order valence-corrected chi connectivity index (χ1v) is 9.67. The zero-order valence-corrected chi connectivity index (χ0v) is 15.9. The number of amides is 2. The van der Waals surface area contributed by atoms with Crippen LogP contribution in [0.3, 0.4) is 0 Å². The molecule has 27 heavy (non-hydrogen) atoms. The zero-order chi connectivity index (χ0) is 19.0. The van der Waals surface area contributed by atoms with Crippen molar-refractivity contribution in [2.75, 3.05) is 4.90 Å². The normalized spacial score (nSPS) is 13.2. The van der Waals surface area contributed by atoms with E-state index >= 15 is 0 Å². The van der Waals surface area contributed by atoms with E-state index in [0.29, 0.717) is 27.6 Å². The van der Waals surface area contributed by atoms with Gasteiger partial charge in [-0.1, -0.05) is 48.0 Å². The summed E-state index contributed by atoms with van der Waals surface area (Å²) in [4.78, 5) is 31.8. The molecule has 2 heterocycles. The number of hydrogen-bond acceptors (Lipinski definition) is 4. The summed E-state index contributed by atoms with van der Waals surface area (Å²) in [5.74, 6) is 0.100. The van der Waals surface area contributed by atoms with Crippen molar-refractivity contribution >= 4 is 29.3 Å². The minimum absolute atomic E-state index is 0.286. The number of aromatic nitrogens is 1. The molecule has 0 saturated heterocycles. The van der Waals surface area contributed by atoms with Crippen LogP contribution in [0, 0.1) is 13.8 Å². The lowest BCUT2D eigenvalue weighted by atomic mass is 10.1. The molecule has 0 N–H and O–H groups in total. The molecule has 1 aliphatic heterocycles. The Kier molecular flexibility index (Phi) is 4.54. The number of benzene rings is 2. The van der Waals surface area contributed by atoms with E-state index in [2.05, 4.69) is 4.98 Å². The number of pyridine rings is 1. The summed E-state index contributed by atoms with van der Waals surface area (Å²) in [6.07, 6.45) is 0. The molecule has 3 aromatic rings. The molecule has 4 nitrogen and oxygen atoms in total. The van der Waals surface area contributed by atoms with Crippen molar-refractivity contribution in [1.82, 2.24) is 4.98 Å². The minimum atomic E-state index is -0.304. The van der Waals surface area contributed by atoms with Gasteiger partial charge >= 0.3 is 0 Å². The van der Waals surface area contributed by atoms with Crippen LogP contribution in [0.5, 0.6) is 0 Å². The molecule has 0 atom stereocenters. The monoisotopic (exact) mass is 374 g/mol. The van der Waals surface area contributed by atoms with Crippen LogP contribution < -0.4 is 4.90 Å². The van der Waals surface area contributed by atoms with Crippen LogP contribution >= 0.6 is 11.8 Å². The number of nitrogens with zero attached hydrogens (tertiary/aromatic N) is 2. The average Bonchev–Trinajstić information content (AvgIpc) is 2.92. The quantitative estimate of drug-likeness (QED) is 0.487. The number of anilines is 1. The molecule has 4 rings (SSSR count). The van der Waals surface area contributed by atoms with Gasteiger partial charge in [0.05, 0.1) is 16.8 Å². The van der Waals surface area contributed by atoms with E-state index in [9.17, 15) is 9.59 Å². The van der Waals surface area contributed by atoms with Crippen molar-refractivity contribution < 1.29 is 9.59 Å². The predicted octanol–water partition coefficient (Wildman–Crippen LogP) is 4.79. The molecule has 1 aromatic heterocycles. The lowest BCUT2D eigenvalue weighted by molar-refractivity contribution is 0.0925. The van der Waals surface area contributed by atoms with Crippen LogP contribution in [0.2, 0.25) is 0 Å². The Morgan fingerprint density at radius 1 is 0.926 bits per heavy atom. The highest BCUT2D eigenvalue weighted by Crippen LogP contribution is 2.35. The Hall–Kier alpha value is -2.92. The molecule has 1 aliphatic rings. The molecular weight excluding hydrogens is 356 g/mol. The van der Waals surface area contributed by atoms with E-state index in [0.717, 1.165) is 16.8 Å². The van der Waals surface area contributed by atoms with Gasteiger partial charge in [-0.25, -0.2) is 9.88 Å². The predicted molar refractivity (Wildman–Crippen MR) is 107 cm³/mol. The van der Waals surface area contributed by atoms with Crippen molar-refractivity contribution in [2.45, 2.75) is 24.6 Å². The van der Waals surface area contributed by atoms with Crippen molar-refractivity contribution in [3.05, 3.63) is 88.6 Å². The van der Waals surface area contributed by atoms with Crippen LogP contribution in [0.1, 0.15) is 37.5 Å². The third kappa shape index (κ3) is 3.26. The highest BCUT2D eigenvalue weighted by molar-refractivity contribution is 7.98. The van der Waals surface area contributed by atoms with Gasteiger partial charge in [0.2, 0.25) is 0 Å². The second-order valence-electron chi connectivity index (χ2n) is 6.55. The third-order valence-electron chi connectivity index (χ3n) is 4.48. The molecule has 0 aliphatic carbocycles. The molecule has 0 unspecified atom stereocenters. The molecule has 2 aromatic carbocycles. The maximum atomic E-state index is 13.1. The molecule has 134 valence electrons. The Balaban J connectivity index is 1.70. The van der Waals surface area contributed by atoms with Gasteiger partial charge in [-0.2, -0.15) is 0 Å². The molecule has 0 saturated carbocycles. The number of rotatable bonds is 4. The highest BCUT2D eigenvalue weighted by atomic mass is 32.2. The van der Waals surface area contributed by atoms with Gasteiger partial charge in [0, 0.05) is 11.4 Å². The molecule has 2 amide bonds. The summed E-state index contributed by atoms with van der Waals surface area (Å²) >= 11 is 1.49. The Labute approximate surface area is 162 Å². The van der Waals surface area contributed by atoms with E-state index in [1.54, 1.807) is 18.2 Å². The van der Waals surface area contributed by atoms with E-state index < -0.39 is 0 Å². The highest BCUT2D eigenvalue weighted by Gasteiger charge is 2.39. The molecular formula is C22H18N2O2S. The van der Waals surface area contributed by atoms with Gasteiger partial charge < -0.3 is 0 Å². The number of fused-ring (bicyclic) bond motifs is 1. The van der Waals surface area contributed by atoms with Gasteiger partial charge in [-0.05, 0) is 37.6 Å². The van der Waals surface area contributed by atoms with Crippen LogP contribution in [0.4, 0.5) is 5.69 Å². The SMILES string of the molecule is Cc1ccc(N2C(=O)c3cc(C)nc(SCc4ccccc4)c3C2=O)cc1. The Morgan fingerprint density at radius 3 is 2.33 bits per heavy atom. The Bertz CT molecular complexity index is 1030. The van der Waals surface area contributed by atoms with Crippen molar-refractivity contribution in [1.29, 1.82) is 0 Å². The zero-order valence-electron chi connectivity index (χ0n) is 15.1. The largest absolute Gasteiger partial charge is 0.268 e. The third-order valence-corrected chi connectivity index (χ3v) is 5.52. The topological polar surface area (TPSA) is 50.3 Å². The first-order valence-electron chi connectivity index (χ1n) is 8.68. The molecule has 0 radical (unpaired) electrons. The smallest absolute Gasteiger partial charge is 0.268 e. The lowest BCUT2D eigenvalue weighted by Gasteiger charge is -2.14. The number of thioether (sulfide) groups is 1. The first kappa shape index (κ1) is 17.5. The second kappa shape index (κ2) is 7.00. The van der Waals surface area contributed by atoms with E-state index in [-0.39, 0.29) is 11.8 Å². The summed E-state index contributed by atoms with van der Waals surface area (Å²) in [6, 6.07) is 19.1. The van der Waals surface area contributed by atoms with Crippen molar-refractivity contribution in [3.63, 3.8) is 0 Å². The number of hydrogen-bond donors (Lipinski definition) is 0. The number of carbonyl (C=O) groups excluding carboxylic acids is 2. The van der Waals surface area contributed by atoms with Gasteiger partial charge in [0.25, 0.3) is 11.8 Å². The van der Waals surface area contributed by atoms with Gasteiger partial charge in [0.15, 0.2) is 0 Å². The van der Waals surface area contributed by atoms with Gasteiger partial charge in [-0.3, -0.25) is 9.59 Å². The number of imide groups is 1. The van der Waals surface area contributed by atoms with Crippen molar-refractivity contribution in [2.24, 2.45) is 0 Å². The summed E-state index contributed by atoms with van der Waals surface area (Å²) in [7, 11) is 0.